The molecule has 1 aromatic heterocycles. The molecule has 0 unspecified atom stereocenters. The van der Waals surface area contributed by atoms with E-state index in [1.54, 1.807) is 4.68 Å². The number of alkyl halides is 3. The smallest absolute Gasteiger partial charge is 0.310 e. The average molecular weight is 265 g/mol. The summed E-state index contributed by atoms with van der Waals surface area (Å²) in [6, 6.07) is 0. The molecule has 0 amide bonds. The standard InChI is InChI=1S/C10H18F3N5/c1-2-6-14-8-9-15-16-17-18(9)7-4-3-5-10(11,12)13/h14H,2-8H2,1H3. The highest BCUT2D eigenvalue weighted by Gasteiger charge is 2.25. The van der Waals surface area contributed by atoms with Gasteiger partial charge in [0.2, 0.25) is 0 Å². The van der Waals surface area contributed by atoms with E-state index in [9.17, 15) is 13.2 Å². The summed E-state index contributed by atoms with van der Waals surface area (Å²) in [6.07, 6.45) is -3.30. The number of hydrogen-bond acceptors (Lipinski definition) is 4. The van der Waals surface area contributed by atoms with Gasteiger partial charge in [-0.2, -0.15) is 13.2 Å². The van der Waals surface area contributed by atoms with E-state index >= 15 is 0 Å². The minimum atomic E-state index is -4.08. The van der Waals surface area contributed by atoms with Crippen LogP contribution in [0.25, 0.3) is 0 Å². The number of unbranched alkanes of at least 4 members (excludes halogenated alkanes) is 1. The maximum absolute atomic E-state index is 11.9. The Hall–Kier alpha value is -1.18. The van der Waals surface area contributed by atoms with Gasteiger partial charge in [0.1, 0.15) is 0 Å². The maximum atomic E-state index is 11.9. The fraction of sp³-hybridized carbons (Fsp3) is 0.900. The zero-order chi connectivity index (χ0) is 13.4. The molecule has 0 fully saturated rings. The molecule has 0 saturated carbocycles. The van der Waals surface area contributed by atoms with E-state index in [1.165, 1.54) is 0 Å². The Morgan fingerprint density at radius 3 is 2.72 bits per heavy atom. The second kappa shape index (κ2) is 7.30. The minimum absolute atomic E-state index is 0.102. The highest BCUT2D eigenvalue weighted by molar-refractivity contribution is 4.79. The first-order valence-corrected chi connectivity index (χ1v) is 6.05. The predicted molar refractivity (Wildman–Crippen MR) is 59.7 cm³/mol. The number of hydrogen-bond donors (Lipinski definition) is 1. The molecule has 5 nitrogen and oxygen atoms in total. The minimum Gasteiger partial charge on any atom is -0.310 e. The van der Waals surface area contributed by atoms with Crippen molar-refractivity contribution in [2.24, 2.45) is 0 Å². The zero-order valence-electron chi connectivity index (χ0n) is 10.4. The molecule has 1 N–H and O–H groups in total. The summed E-state index contributed by atoms with van der Waals surface area (Å²) in [6.45, 7) is 3.88. The van der Waals surface area contributed by atoms with Crippen LogP contribution >= 0.6 is 0 Å². The molecule has 0 aliphatic carbocycles. The summed E-state index contributed by atoms with van der Waals surface area (Å²) >= 11 is 0. The van der Waals surface area contributed by atoms with Crippen LogP contribution in [0, 0.1) is 0 Å². The van der Waals surface area contributed by atoms with Crippen LogP contribution in [0.1, 0.15) is 38.4 Å². The van der Waals surface area contributed by atoms with E-state index in [0.717, 1.165) is 13.0 Å². The summed E-state index contributed by atoms with van der Waals surface area (Å²) in [5.74, 6) is 0.662. The van der Waals surface area contributed by atoms with Gasteiger partial charge in [0.05, 0.1) is 6.54 Å². The van der Waals surface area contributed by atoms with Crippen LogP contribution < -0.4 is 5.32 Å². The monoisotopic (exact) mass is 265 g/mol. The van der Waals surface area contributed by atoms with E-state index in [0.29, 0.717) is 25.3 Å². The van der Waals surface area contributed by atoms with Crippen molar-refractivity contribution in [3.63, 3.8) is 0 Å². The van der Waals surface area contributed by atoms with Gasteiger partial charge in [-0.25, -0.2) is 4.68 Å². The third-order valence-electron chi connectivity index (χ3n) is 2.40. The third-order valence-corrected chi connectivity index (χ3v) is 2.40. The maximum Gasteiger partial charge on any atom is 0.389 e. The van der Waals surface area contributed by atoms with Gasteiger partial charge in [0, 0.05) is 13.0 Å². The molecule has 0 aliphatic heterocycles. The number of nitrogens with one attached hydrogen (secondary N) is 1. The van der Waals surface area contributed by atoms with Crippen molar-refractivity contribution in [1.29, 1.82) is 0 Å². The number of rotatable bonds is 8. The zero-order valence-corrected chi connectivity index (χ0v) is 10.4. The van der Waals surface area contributed by atoms with Crippen molar-refractivity contribution in [3.05, 3.63) is 5.82 Å². The number of tetrazole rings is 1. The van der Waals surface area contributed by atoms with E-state index in [1.807, 2.05) is 6.92 Å². The van der Waals surface area contributed by atoms with E-state index in [2.05, 4.69) is 20.8 Å². The third kappa shape index (κ3) is 5.95. The molecule has 1 rings (SSSR count). The van der Waals surface area contributed by atoms with Crippen LogP contribution in [-0.2, 0) is 13.1 Å². The molecule has 0 saturated heterocycles. The summed E-state index contributed by atoms with van der Waals surface area (Å²) < 4.78 is 37.4. The van der Waals surface area contributed by atoms with Gasteiger partial charge in [-0.3, -0.25) is 0 Å². The molecular formula is C10H18F3N5. The molecular weight excluding hydrogens is 247 g/mol. The lowest BCUT2D eigenvalue weighted by molar-refractivity contribution is -0.135. The lowest BCUT2D eigenvalue weighted by atomic mass is 10.2. The fourth-order valence-corrected chi connectivity index (χ4v) is 1.49. The molecule has 0 atom stereocenters. The van der Waals surface area contributed by atoms with Gasteiger partial charge >= 0.3 is 6.18 Å². The molecule has 0 radical (unpaired) electrons. The highest BCUT2D eigenvalue weighted by Crippen LogP contribution is 2.22. The molecule has 0 aromatic carbocycles. The Morgan fingerprint density at radius 1 is 1.28 bits per heavy atom. The number of aromatic nitrogens is 4. The van der Waals surface area contributed by atoms with Crippen molar-refractivity contribution in [2.75, 3.05) is 6.54 Å². The largest absolute Gasteiger partial charge is 0.389 e. The fourth-order valence-electron chi connectivity index (χ4n) is 1.49. The van der Waals surface area contributed by atoms with Crippen LogP contribution in [-0.4, -0.2) is 32.9 Å². The molecule has 0 spiro atoms. The van der Waals surface area contributed by atoms with Crippen LogP contribution in [0.15, 0.2) is 0 Å². The van der Waals surface area contributed by atoms with E-state index in [4.69, 9.17) is 0 Å². The quantitative estimate of drug-likeness (QED) is 0.729. The Kier molecular flexibility index (Phi) is 6.03. The first-order valence-electron chi connectivity index (χ1n) is 6.05. The second-order valence-electron chi connectivity index (χ2n) is 4.07. The number of nitrogens with zero attached hydrogens (tertiary/aromatic N) is 4. The van der Waals surface area contributed by atoms with Gasteiger partial charge in [0.25, 0.3) is 0 Å². The number of halogens is 3. The van der Waals surface area contributed by atoms with Gasteiger partial charge in [-0.15, -0.1) is 5.10 Å². The van der Waals surface area contributed by atoms with Crippen molar-refractivity contribution < 1.29 is 13.2 Å². The second-order valence-corrected chi connectivity index (χ2v) is 4.07. The van der Waals surface area contributed by atoms with Gasteiger partial charge in [0.15, 0.2) is 5.82 Å². The van der Waals surface area contributed by atoms with Crippen LogP contribution in [0.2, 0.25) is 0 Å². The topological polar surface area (TPSA) is 55.6 Å². The first-order chi connectivity index (χ1) is 8.53. The van der Waals surface area contributed by atoms with Crippen molar-refractivity contribution in [1.82, 2.24) is 25.5 Å². The molecule has 1 aromatic rings. The molecule has 104 valence electrons. The van der Waals surface area contributed by atoms with Crippen LogP contribution in [0.3, 0.4) is 0 Å². The van der Waals surface area contributed by atoms with E-state index in [-0.39, 0.29) is 6.42 Å². The number of aryl methyl sites for hydroxylation is 1. The summed E-state index contributed by atoms with van der Waals surface area (Å²) in [5, 5.41) is 14.3. The predicted octanol–water partition coefficient (Wildman–Crippen LogP) is 1.91. The Bertz CT molecular complexity index is 336. The first kappa shape index (κ1) is 14.9. The van der Waals surface area contributed by atoms with Crippen molar-refractivity contribution >= 4 is 0 Å². The lowest BCUT2D eigenvalue weighted by Gasteiger charge is -2.07. The molecule has 8 heteroatoms. The molecule has 0 bridgehead atoms. The molecule has 0 aliphatic rings. The summed E-state index contributed by atoms with van der Waals surface area (Å²) in [7, 11) is 0. The lowest BCUT2D eigenvalue weighted by Crippen LogP contribution is -2.18. The molecule has 1 heterocycles. The van der Waals surface area contributed by atoms with Crippen LogP contribution in [0.4, 0.5) is 13.2 Å². The Morgan fingerprint density at radius 2 is 2.06 bits per heavy atom. The average Bonchev–Trinajstić information content (AvgIpc) is 2.71. The van der Waals surface area contributed by atoms with Crippen molar-refractivity contribution in [2.45, 2.75) is 51.9 Å². The van der Waals surface area contributed by atoms with E-state index < -0.39 is 12.6 Å². The molecule has 18 heavy (non-hydrogen) atoms. The van der Waals surface area contributed by atoms with Crippen LogP contribution in [0.5, 0.6) is 0 Å². The Labute approximate surface area is 104 Å². The summed E-state index contributed by atoms with van der Waals surface area (Å²) in [4.78, 5) is 0. The Balaban J connectivity index is 2.27. The van der Waals surface area contributed by atoms with Gasteiger partial charge < -0.3 is 5.32 Å². The summed E-state index contributed by atoms with van der Waals surface area (Å²) in [5.41, 5.74) is 0. The van der Waals surface area contributed by atoms with Gasteiger partial charge in [-0.05, 0) is 36.2 Å². The highest BCUT2D eigenvalue weighted by atomic mass is 19.4. The normalized spacial score (nSPS) is 12.0. The SMILES string of the molecule is CCCNCc1nnnn1CCCCC(F)(F)F. The van der Waals surface area contributed by atoms with Crippen molar-refractivity contribution in [3.8, 4) is 0 Å². The van der Waals surface area contributed by atoms with Gasteiger partial charge in [-0.1, -0.05) is 6.92 Å².